The molecule has 0 fully saturated rings. The maximum atomic E-state index is 11.0. The second kappa shape index (κ2) is 3.75. The van der Waals surface area contributed by atoms with Crippen LogP contribution in [0.5, 0.6) is 5.75 Å². The summed E-state index contributed by atoms with van der Waals surface area (Å²) in [5.74, 6) is -0.447. The van der Waals surface area contributed by atoms with E-state index in [2.05, 4.69) is 5.32 Å². The molecule has 1 aliphatic rings. The molecule has 1 aromatic rings. The van der Waals surface area contributed by atoms with E-state index in [1.54, 1.807) is 6.07 Å². The number of anilines is 2. The molecule has 1 atom stereocenters. The van der Waals surface area contributed by atoms with Gasteiger partial charge in [-0.2, -0.15) is 0 Å². The average molecular weight is 243 g/mol. The van der Waals surface area contributed by atoms with Crippen LogP contribution in [-0.2, 0) is 0 Å². The molecule has 0 radical (unpaired) electrons. The Morgan fingerprint density at radius 2 is 2.31 bits per heavy atom. The van der Waals surface area contributed by atoms with Crippen molar-refractivity contribution in [2.75, 3.05) is 16.8 Å². The SMILES string of the molecule is COc1ccc(C(=O)O)c2c1N(Cl)C(C)N2. The third kappa shape index (κ3) is 1.44. The molecule has 0 aromatic heterocycles. The molecule has 0 saturated heterocycles. The largest absolute Gasteiger partial charge is 0.494 e. The summed E-state index contributed by atoms with van der Waals surface area (Å²) >= 11 is 6.05. The average Bonchev–Trinajstić information content (AvgIpc) is 2.54. The molecule has 2 rings (SSSR count). The number of aromatic carboxylic acids is 1. The second-order valence-electron chi connectivity index (χ2n) is 3.48. The lowest BCUT2D eigenvalue weighted by atomic mass is 10.1. The van der Waals surface area contributed by atoms with Crippen LogP contribution in [0.2, 0.25) is 0 Å². The highest BCUT2D eigenvalue weighted by Crippen LogP contribution is 2.45. The van der Waals surface area contributed by atoms with Crippen LogP contribution in [0.25, 0.3) is 0 Å². The predicted molar refractivity (Wildman–Crippen MR) is 61.4 cm³/mol. The van der Waals surface area contributed by atoms with Crippen molar-refractivity contribution in [3.05, 3.63) is 17.7 Å². The van der Waals surface area contributed by atoms with Gasteiger partial charge < -0.3 is 15.2 Å². The van der Waals surface area contributed by atoms with E-state index in [4.69, 9.17) is 21.6 Å². The quantitative estimate of drug-likeness (QED) is 0.778. The highest BCUT2D eigenvalue weighted by molar-refractivity contribution is 6.29. The predicted octanol–water partition coefficient (Wildman–Crippen LogP) is 2.13. The molecule has 86 valence electrons. The topological polar surface area (TPSA) is 61.8 Å². The Morgan fingerprint density at radius 1 is 1.62 bits per heavy atom. The summed E-state index contributed by atoms with van der Waals surface area (Å²) in [6.45, 7) is 1.83. The molecule has 0 bridgehead atoms. The van der Waals surface area contributed by atoms with Gasteiger partial charge in [-0.1, -0.05) is 0 Å². The first kappa shape index (κ1) is 10.9. The monoisotopic (exact) mass is 242 g/mol. The molecule has 1 unspecified atom stereocenters. The van der Waals surface area contributed by atoms with E-state index in [0.717, 1.165) is 0 Å². The van der Waals surface area contributed by atoms with E-state index in [1.165, 1.54) is 17.6 Å². The molecule has 0 spiro atoms. The molecule has 0 amide bonds. The number of benzene rings is 1. The fourth-order valence-electron chi connectivity index (χ4n) is 1.73. The van der Waals surface area contributed by atoms with Crippen LogP contribution < -0.4 is 14.5 Å². The van der Waals surface area contributed by atoms with Crippen LogP contribution in [0.3, 0.4) is 0 Å². The van der Waals surface area contributed by atoms with Crippen molar-refractivity contribution in [1.29, 1.82) is 0 Å². The van der Waals surface area contributed by atoms with Crippen molar-refractivity contribution in [2.24, 2.45) is 0 Å². The number of hydrogen-bond acceptors (Lipinski definition) is 4. The van der Waals surface area contributed by atoms with E-state index < -0.39 is 5.97 Å². The summed E-state index contributed by atoms with van der Waals surface area (Å²) < 4.78 is 6.58. The minimum Gasteiger partial charge on any atom is -0.494 e. The highest BCUT2D eigenvalue weighted by Gasteiger charge is 2.31. The number of nitrogens with zero attached hydrogens (tertiary/aromatic N) is 1. The van der Waals surface area contributed by atoms with Crippen LogP contribution in [0.15, 0.2) is 12.1 Å². The van der Waals surface area contributed by atoms with Crippen molar-refractivity contribution in [1.82, 2.24) is 0 Å². The Kier molecular flexibility index (Phi) is 2.55. The second-order valence-corrected chi connectivity index (χ2v) is 3.84. The first-order chi connectivity index (χ1) is 7.56. The van der Waals surface area contributed by atoms with Crippen molar-refractivity contribution in [3.63, 3.8) is 0 Å². The Bertz CT molecular complexity index is 450. The Hall–Kier alpha value is -1.62. The molecule has 0 saturated carbocycles. The van der Waals surface area contributed by atoms with E-state index >= 15 is 0 Å². The van der Waals surface area contributed by atoms with E-state index in [1.807, 2.05) is 6.92 Å². The number of halogens is 1. The molecular weight excluding hydrogens is 232 g/mol. The molecule has 2 N–H and O–H groups in total. The molecule has 1 aliphatic heterocycles. The van der Waals surface area contributed by atoms with Crippen LogP contribution in [0.1, 0.15) is 17.3 Å². The van der Waals surface area contributed by atoms with Gasteiger partial charge in [0, 0.05) is 11.8 Å². The lowest BCUT2D eigenvalue weighted by molar-refractivity contribution is 0.0698. The number of hydrogen-bond donors (Lipinski definition) is 2. The molecule has 6 heteroatoms. The maximum Gasteiger partial charge on any atom is 0.337 e. The number of carboxylic acids is 1. The maximum absolute atomic E-state index is 11.0. The summed E-state index contributed by atoms with van der Waals surface area (Å²) in [5, 5.41) is 12.0. The zero-order chi connectivity index (χ0) is 11.9. The van der Waals surface area contributed by atoms with Gasteiger partial charge in [0.25, 0.3) is 0 Å². The molecular formula is C10H11ClN2O3. The summed E-state index contributed by atoms with van der Waals surface area (Å²) in [6.07, 6.45) is -0.175. The van der Waals surface area contributed by atoms with Crippen molar-refractivity contribution in [2.45, 2.75) is 13.1 Å². The van der Waals surface area contributed by atoms with Gasteiger partial charge in [0.05, 0.1) is 18.4 Å². The Labute approximate surface area is 97.7 Å². The number of methoxy groups -OCH3 is 1. The summed E-state index contributed by atoms with van der Waals surface area (Å²) in [7, 11) is 1.52. The van der Waals surface area contributed by atoms with E-state index in [9.17, 15) is 4.79 Å². The van der Waals surface area contributed by atoms with E-state index in [0.29, 0.717) is 17.1 Å². The zero-order valence-electron chi connectivity index (χ0n) is 8.82. The third-order valence-electron chi connectivity index (χ3n) is 2.50. The van der Waals surface area contributed by atoms with Gasteiger partial charge in [0.1, 0.15) is 17.6 Å². The minimum absolute atomic E-state index is 0.175. The van der Waals surface area contributed by atoms with Gasteiger partial charge in [0.2, 0.25) is 0 Å². The van der Waals surface area contributed by atoms with Crippen molar-refractivity contribution >= 4 is 29.1 Å². The van der Waals surface area contributed by atoms with Crippen LogP contribution in [-0.4, -0.2) is 24.4 Å². The van der Waals surface area contributed by atoms with E-state index in [-0.39, 0.29) is 11.7 Å². The van der Waals surface area contributed by atoms with Gasteiger partial charge in [-0.05, 0) is 19.1 Å². The number of carboxylic acid groups (broad SMARTS) is 1. The number of nitrogens with one attached hydrogen (secondary N) is 1. The van der Waals surface area contributed by atoms with Crippen molar-refractivity contribution < 1.29 is 14.6 Å². The molecule has 0 aliphatic carbocycles. The number of rotatable bonds is 2. The summed E-state index contributed by atoms with van der Waals surface area (Å²) in [5.41, 5.74) is 1.25. The summed E-state index contributed by atoms with van der Waals surface area (Å²) in [4.78, 5) is 11.0. The lowest BCUT2D eigenvalue weighted by Crippen LogP contribution is -2.23. The van der Waals surface area contributed by atoms with Gasteiger partial charge in [-0.25, -0.2) is 4.79 Å². The molecule has 1 heterocycles. The standard InChI is InChI=1S/C10H11ClN2O3/c1-5-12-8-6(10(14)15)3-4-7(16-2)9(8)13(5)11/h3-5,12H,1-2H3,(H,14,15). The first-order valence-corrected chi connectivity index (χ1v) is 5.06. The lowest BCUT2D eigenvalue weighted by Gasteiger charge is -2.15. The highest BCUT2D eigenvalue weighted by atomic mass is 35.5. The molecule has 1 aromatic carbocycles. The van der Waals surface area contributed by atoms with Crippen LogP contribution in [0, 0.1) is 0 Å². The zero-order valence-corrected chi connectivity index (χ0v) is 9.58. The van der Waals surface area contributed by atoms with Crippen molar-refractivity contribution in [3.8, 4) is 5.75 Å². The van der Waals surface area contributed by atoms with Gasteiger partial charge >= 0.3 is 5.97 Å². The normalized spacial score (nSPS) is 17.9. The smallest absolute Gasteiger partial charge is 0.337 e. The van der Waals surface area contributed by atoms with Gasteiger partial charge in [-0.15, -0.1) is 0 Å². The molecule has 16 heavy (non-hydrogen) atoms. The van der Waals surface area contributed by atoms with Crippen LogP contribution >= 0.6 is 11.8 Å². The van der Waals surface area contributed by atoms with Crippen LogP contribution in [0.4, 0.5) is 11.4 Å². The van der Waals surface area contributed by atoms with Gasteiger partial charge in [-0.3, -0.25) is 4.42 Å². The first-order valence-electron chi connectivity index (χ1n) is 4.72. The fourth-order valence-corrected chi connectivity index (χ4v) is 1.95. The summed E-state index contributed by atoms with van der Waals surface area (Å²) in [6, 6.07) is 3.09. The Balaban J connectivity index is 2.63. The third-order valence-corrected chi connectivity index (χ3v) is 2.96. The number of carbonyl (C=O) groups is 1. The number of fused-ring (bicyclic) bond motifs is 1. The number of ether oxygens (including phenoxy) is 1. The van der Waals surface area contributed by atoms with Gasteiger partial charge in [0.15, 0.2) is 0 Å². The minimum atomic E-state index is -0.995. The Morgan fingerprint density at radius 3 is 2.88 bits per heavy atom. The fraction of sp³-hybridized carbons (Fsp3) is 0.300. The molecule has 5 nitrogen and oxygen atoms in total.